The van der Waals surface area contributed by atoms with Crippen LogP contribution in [-0.2, 0) is 4.74 Å². The molecule has 4 rings (SSSR count). The SMILES string of the molecule is CCOC(=O)c1sc(-c2ccc(OC)c(OC)c2)cc1NC(=O)c1nc2nc(C)cc(C)n2n1. The van der Waals surface area contributed by atoms with Gasteiger partial charge in [0.25, 0.3) is 11.7 Å². The number of hydrogen-bond donors (Lipinski definition) is 1. The Hall–Kier alpha value is -3.99. The fourth-order valence-electron chi connectivity index (χ4n) is 3.40. The number of ether oxygens (including phenoxy) is 3. The Balaban J connectivity index is 1.71. The molecule has 0 atom stereocenters. The number of carbonyl (C=O) groups excluding carboxylic acids is 2. The molecular formula is C23H23N5O5S. The monoisotopic (exact) mass is 481 g/mol. The van der Waals surface area contributed by atoms with Crippen LogP contribution in [0, 0.1) is 13.8 Å². The summed E-state index contributed by atoms with van der Waals surface area (Å²) in [6, 6.07) is 8.96. The van der Waals surface area contributed by atoms with Crippen molar-refractivity contribution < 1.29 is 23.8 Å². The molecule has 0 spiro atoms. The lowest BCUT2D eigenvalue weighted by atomic mass is 10.1. The highest BCUT2D eigenvalue weighted by Crippen LogP contribution is 2.39. The molecule has 0 aliphatic rings. The normalized spacial score (nSPS) is 10.9. The molecule has 1 N–H and O–H groups in total. The quantitative estimate of drug-likeness (QED) is 0.395. The van der Waals surface area contributed by atoms with Crippen LogP contribution in [0.4, 0.5) is 5.69 Å². The zero-order chi connectivity index (χ0) is 24.4. The summed E-state index contributed by atoms with van der Waals surface area (Å²) in [5, 5.41) is 7.01. The Labute approximate surface area is 199 Å². The fraction of sp³-hybridized carbons (Fsp3) is 0.261. The van der Waals surface area contributed by atoms with E-state index in [-0.39, 0.29) is 17.3 Å². The highest BCUT2D eigenvalue weighted by molar-refractivity contribution is 7.18. The average molecular weight is 482 g/mol. The molecule has 0 saturated heterocycles. The van der Waals surface area contributed by atoms with Crippen molar-refractivity contribution in [3.8, 4) is 21.9 Å². The molecule has 11 heteroatoms. The summed E-state index contributed by atoms with van der Waals surface area (Å²) in [5.74, 6) is 0.289. The number of aromatic nitrogens is 4. The second kappa shape index (κ2) is 9.48. The Kier molecular flexibility index (Phi) is 6.46. The van der Waals surface area contributed by atoms with E-state index >= 15 is 0 Å². The first-order valence-electron chi connectivity index (χ1n) is 10.4. The van der Waals surface area contributed by atoms with Crippen molar-refractivity contribution in [3.63, 3.8) is 0 Å². The van der Waals surface area contributed by atoms with Gasteiger partial charge in [-0.1, -0.05) is 0 Å². The molecule has 0 fully saturated rings. The summed E-state index contributed by atoms with van der Waals surface area (Å²) in [7, 11) is 3.10. The van der Waals surface area contributed by atoms with Crippen molar-refractivity contribution in [2.45, 2.75) is 20.8 Å². The van der Waals surface area contributed by atoms with Gasteiger partial charge < -0.3 is 19.5 Å². The zero-order valence-corrected chi connectivity index (χ0v) is 20.1. The Bertz CT molecular complexity index is 1390. The molecule has 10 nitrogen and oxygen atoms in total. The van der Waals surface area contributed by atoms with Crippen molar-refractivity contribution in [3.05, 3.63) is 52.4 Å². The molecule has 34 heavy (non-hydrogen) atoms. The number of rotatable bonds is 7. The van der Waals surface area contributed by atoms with Crippen LogP contribution < -0.4 is 14.8 Å². The highest BCUT2D eigenvalue weighted by atomic mass is 32.1. The lowest BCUT2D eigenvalue weighted by molar-refractivity contribution is 0.0533. The van der Waals surface area contributed by atoms with Crippen molar-refractivity contribution in [2.24, 2.45) is 0 Å². The summed E-state index contributed by atoms with van der Waals surface area (Å²) < 4.78 is 17.4. The maximum Gasteiger partial charge on any atom is 0.350 e. The lowest BCUT2D eigenvalue weighted by Gasteiger charge is -2.08. The van der Waals surface area contributed by atoms with Gasteiger partial charge in [-0.05, 0) is 56.7 Å². The lowest BCUT2D eigenvalue weighted by Crippen LogP contribution is -2.16. The van der Waals surface area contributed by atoms with E-state index < -0.39 is 11.9 Å². The number of nitrogens with one attached hydrogen (secondary N) is 1. The van der Waals surface area contributed by atoms with Gasteiger partial charge in [0.2, 0.25) is 5.82 Å². The van der Waals surface area contributed by atoms with E-state index in [4.69, 9.17) is 14.2 Å². The van der Waals surface area contributed by atoms with E-state index in [9.17, 15) is 9.59 Å². The number of thiophene rings is 1. The number of amides is 1. The molecular weight excluding hydrogens is 458 g/mol. The summed E-state index contributed by atoms with van der Waals surface area (Å²) in [6.45, 7) is 5.62. The zero-order valence-electron chi connectivity index (χ0n) is 19.3. The van der Waals surface area contributed by atoms with E-state index in [0.717, 1.165) is 21.8 Å². The number of methoxy groups -OCH3 is 2. The van der Waals surface area contributed by atoms with Crippen LogP contribution >= 0.6 is 11.3 Å². The van der Waals surface area contributed by atoms with Gasteiger partial charge in [0.15, 0.2) is 11.5 Å². The summed E-state index contributed by atoms with van der Waals surface area (Å²) in [4.78, 5) is 35.1. The molecule has 0 aliphatic heterocycles. The van der Waals surface area contributed by atoms with E-state index in [2.05, 4.69) is 20.4 Å². The molecule has 0 aliphatic carbocycles. The van der Waals surface area contributed by atoms with E-state index in [1.54, 1.807) is 39.3 Å². The van der Waals surface area contributed by atoms with Gasteiger partial charge in [-0.25, -0.2) is 14.3 Å². The number of aryl methyl sites for hydroxylation is 2. The Morgan fingerprint density at radius 3 is 2.53 bits per heavy atom. The largest absolute Gasteiger partial charge is 0.493 e. The average Bonchev–Trinajstić information content (AvgIpc) is 3.43. The fourth-order valence-corrected chi connectivity index (χ4v) is 4.41. The van der Waals surface area contributed by atoms with Crippen LogP contribution in [0.1, 0.15) is 38.6 Å². The molecule has 0 saturated carbocycles. The Morgan fingerprint density at radius 1 is 1.06 bits per heavy atom. The van der Waals surface area contributed by atoms with Crippen LogP contribution in [0.2, 0.25) is 0 Å². The third-order valence-electron chi connectivity index (χ3n) is 4.93. The standard InChI is InChI=1S/C23H23N5O5S/c1-6-33-22(30)19-15(11-18(34-19)14-7-8-16(31-4)17(10-14)32-5)25-21(29)20-26-23-24-12(2)9-13(3)28(23)27-20/h7-11H,6H2,1-5H3,(H,25,29). The first kappa shape index (κ1) is 23.2. The minimum absolute atomic E-state index is 0.0603. The van der Waals surface area contributed by atoms with Crippen LogP contribution in [0.3, 0.4) is 0 Å². The number of esters is 1. The van der Waals surface area contributed by atoms with E-state index in [1.165, 1.54) is 15.9 Å². The number of fused-ring (bicyclic) bond motifs is 1. The summed E-state index contributed by atoms with van der Waals surface area (Å²) in [5.41, 5.74) is 2.66. The van der Waals surface area contributed by atoms with Crippen molar-refractivity contribution in [1.29, 1.82) is 0 Å². The summed E-state index contributed by atoms with van der Waals surface area (Å²) >= 11 is 1.20. The highest BCUT2D eigenvalue weighted by Gasteiger charge is 2.23. The molecule has 0 bridgehead atoms. The second-order valence-electron chi connectivity index (χ2n) is 7.28. The molecule has 0 unspecified atom stereocenters. The van der Waals surface area contributed by atoms with Crippen molar-refractivity contribution in [2.75, 3.05) is 26.1 Å². The molecule has 4 aromatic rings. The molecule has 176 valence electrons. The molecule has 3 aromatic heterocycles. The number of carbonyl (C=O) groups is 2. The van der Waals surface area contributed by atoms with Gasteiger partial charge >= 0.3 is 5.97 Å². The third-order valence-corrected chi connectivity index (χ3v) is 6.09. The van der Waals surface area contributed by atoms with Gasteiger partial charge in [0.05, 0.1) is 26.5 Å². The van der Waals surface area contributed by atoms with E-state index in [0.29, 0.717) is 23.0 Å². The van der Waals surface area contributed by atoms with Gasteiger partial charge in [-0.3, -0.25) is 4.79 Å². The summed E-state index contributed by atoms with van der Waals surface area (Å²) in [6.07, 6.45) is 0. The molecule has 1 aromatic carbocycles. The van der Waals surface area contributed by atoms with Gasteiger partial charge in [-0.15, -0.1) is 16.4 Å². The van der Waals surface area contributed by atoms with Gasteiger partial charge in [0, 0.05) is 16.3 Å². The molecule has 3 heterocycles. The topological polar surface area (TPSA) is 117 Å². The third kappa shape index (κ3) is 4.42. The maximum atomic E-state index is 13.0. The second-order valence-corrected chi connectivity index (χ2v) is 8.34. The first-order chi connectivity index (χ1) is 16.3. The van der Waals surface area contributed by atoms with E-state index in [1.807, 2.05) is 26.0 Å². The van der Waals surface area contributed by atoms with Crippen LogP contribution in [0.15, 0.2) is 30.3 Å². The Morgan fingerprint density at radius 2 is 1.82 bits per heavy atom. The first-order valence-corrected chi connectivity index (χ1v) is 11.2. The minimum Gasteiger partial charge on any atom is -0.493 e. The number of hydrogen-bond acceptors (Lipinski definition) is 9. The predicted octanol–water partition coefficient (Wildman–Crippen LogP) is 3.92. The predicted molar refractivity (Wildman–Crippen MR) is 127 cm³/mol. The van der Waals surface area contributed by atoms with Gasteiger partial charge in [0.1, 0.15) is 4.88 Å². The van der Waals surface area contributed by atoms with Gasteiger partial charge in [-0.2, -0.15) is 4.98 Å². The van der Waals surface area contributed by atoms with Crippen LogP contribution in [0.25, 0.3) is 16.2 Å². The number of nitrogens with zero attached hydrogens (tertiary/aromatic N) is 4. The smallest absolute Gasteiger partial charge is 0.350 e. The molecule has 0 radical (unpaired) electrons. The maximum absolute atomic E-state index is 13.0. The molecule has 1 amide bonds. The van der Waals surface area contributed by atoms with Crippen molar-refractivity contribution >= 4 is 34.7 Å². The van der Waals surface area contributed by atoms with Crippen LogP contribution in [0.5, 0.6) is 11.5 Å². The minimum atomic E-state index is -0.565. The van der Waals surface area contributed by atoms with Crippen molar-refractivity contribution in [1.82, 2.24) is 19.6 Å². The number of benzene rings is 1. The number of anilines is 1. The van der Waals surface area contributed by atoms with Crippen LogP contribution in [-0.4, -0.2) is 52.3 Å².